The van der Waals surface area contributed by atoms with Crippen molar-refractivity contribution in [3.05, 3.63) is 42.1 Å². The number of carboxylic acid groups (broad SMARTS) is 1. The summed E-state index contributed by atoms with van der Waals surface area (Å²) in [4.78, 5) is 16.9. The van der Waals surface area contributed by atoms with Crippen molar-refractivity contribution in [2.24, 2.45) is 0 Å². The zero-order chi connectivity index (χ0) is 13.4. The highest BCUT2D eigenvalue weighted by Crippen LogP contribution is 2.29. The molecular formula is C14H12N2O3. The molecule has 0 amide bonds. The Morgan fingerprint density at radius 1 is 1.16 bits per heavy atom. The van der Waals surface area contributed by atoms with Crippen LogP contribution >= 0.6 is 0 Å². The third-order valence-electron chi connectivity index (χ3n) is 3.04. The predicted molar refractivity (Wildman–Crippen MR) is 71.6 cm³/mol. The van der Waals surface area contributed by atoms with Crippen LogP contribution in [0.3, 0.4) is 0 Å². The summed E-state index contributed by atoms with van der Waals surface area (Å²) >= 11 is 0. The highest BCUT2D eigenvalue weighted by Gasteiger charge is 2.11. The molecule has 5 heteroatoms. The quantitative estimate of drug-likeness (QED) is 0.674. The molecule has 0 radical (unpaired) electrons. The minimum Gasteiger partial charge on any atom is -0.495 e. The number of aromatic carboxylic acids is 1. The number of methoxy groups -OCH3 is 1. The van der Waals surface area contributed by atoms with E-state index < -0.39 is 5.97 Å². The van der Waals surface area contributed by atoms with Crippen LogP contribution in [0.4, 0.5) is 0 Å². The third-order valence-corrected chi connectivity index (χ3v) is 3.04. The highest BCUT2D eigenvalue weighted by atomic mass is 16.5. The Morgan fingerprint density at radius 2 is 2.00 bits per heavy atom. The molecule has 0 aliphatic heterocycles. The molecule has 1 aromatic carbocycles. The van der Waals surface area contributed by atoms with Gasteiger partial charge < -0.3 is 19.8 Å². The van der Waals surface area contributed by atoms with E-state index in [4.69, 9.17) is 9.84 Å². The van der Waals surface area contributed by atoms with E-state index in [1.54, 1.807) is 19.2 Å². The summed E-state index contributed by atoms with van der Waals surface area (Å²) in [5.41, 5.74) is 2.62. The van der Waals surface area contributed by atoms with Gasteiger partial charge in [0.25, 0.3) is 0 Å². The van der Waals surface area contributed by atoms with Crippen LogP contribution in [0.25, 0.3) is 22.3 Å². The van der Waals surface area contributed by atoms with Crippen molar-refractivity contribution < 1.29 is 14.6 Å². The van der Waals surface area contributed by atoms with E-state index in [9.17, 15) is 4.79 Å². The zero-order valence-electron chi connectivity index (χ0n) is 10.2. The molecule has 0 bridgehead atoms. The highest BCUT2D eigenvalue weighted by molar-refractivity contribution is 5.91. The molecule has 0 atom stereocenters. The van der Waals surface area contributed by atoms with E-state index in [1.807, 2.05) is 24.3 Å². The number of ether oxygens (including phenoxy) is 1. The number of hydrogen-bond acceptors (Lipinski definition) is 2. The van der Waals surface area contributed by atoms with Crippen LogP contribution in [-0.2, 0) is 0 Å². The van der Waals surface area contributed by atoms with Gasteiger partial charge in [0, 0.05) is 5.39 Å². The van der Waals surface area contributed by atoms with Crippen LogP contribution in [0.15, 0.2) is 36.4 Å². The van der Waals surface area contributed by atoms with Gasteiger partial charge in [-0.3, -0.25) is 0 Å². The minimum absolute atomic E-state index is 0.167. The molecule has 2 heterocycles. The van der Waals surface area contributed by atoms with Crippen molar-refractivity contribution >= 4 is 16.9 Å². The van der Waals surface area contributed by atoms with Crippen LogP contribution in [-0.4, -0.2) is 28.2 Å². The molecule has 0 aliphatic rings. The van der Waals surface area contributed by atoms with E-state index in [0.717, 1.165) is 28.0 Å². The SMILES string of the molecule is COc1cccc2cc(-c3ccc(C(=O)O)[nH]3)[nH]c12. The fourth-order valence-corrected chi connectivity index (χ4v) is 2.12. The maximum absolute atomic E-state index is 10.9. The Kier molecular flexibility index (Phi) is 2.52. The number of fused-ring (bicyclic) bond motifs is 1. The molecule has 0 saturated carbocycles. The van der Waals surface area contributed by atoms with Gasteiger partial charge in [0.1, 0.15) is 11.4 Å². The molecule has 0 spiro atoms. The second-order valence-electron chi connectivity index (χ2n) is 4.20. The second kappa shape index (κ2) is 4.20. The number of hydrogen-bond donors (Lipinski definition) is 3. The van der Waals surface area contributed by atoms with E-state index in [0.29, 0.717) is 0 Å². The summed E-state index contributed by atoms with van der Waals surface area (Å²) in [6.45, 7) is 0. The van der Waals surface area contributed by atoms with Crippen molar-refractivity contribution in [1.29, 1.82) is 0 Å². The number of rotatable bonds is 3. The van der Waals surface area contributed by atoms with Crippen LogP contribution in [0, 0.1) is 0 Å². The summed E-state index contributed by atoms with van der Waals surface area (Å²) in [7, 11) is 1.62. The average molecular weight is 256 g/mol. The van der Waals surface area contributed by atoms with E-state index in [-0.39, 0.29) is 5.69 Å². The molecule has 2 aromatic heterocycles. The summed E-state index contributed by atoms with van der Waals surface area (Å²) in [5.74, 6) is -0.214. The number of para-hydroxylation sites is 1. The first kappa shape index (κ1) is 11.4. The van der Waals surface area contributed by atoms with E-state index in [2.05, 4.69) is 9.97 Å². The fourth-order valence-electron chi connectivity index (χ4n) is 2.12. The smallest absolute Gasteiger partial charge is 0.352 e. The molecule has 19 heavy (non-hydrogen) atoms. The van der Waals surface area contributed by atoms with Crippen molar-refractivity contribution in [3.8, 4) is 17.1 Å². The van der Waals surface area contributed by atoms with Gasteiger partial charge in [-0.2, -0.15) is 0 Å². The minimum atomic E-state index is -0.972. The maximum atomic E-state index is 10.9. The van der Waals surface area contributed by atoms with E-state index >= 15 is 0 Å². The lowest BCUT2D eigenvalue weighted by atomic mass is 10.2. The third kappa shape index (κ3) is 1.85. The average Bonchev–Trinajstić information content (AvgIpc) is 3.04. The Bertz CT molecular complexity index is 755. The number of nitrogens with one attached hydrogen (secondary N) is 2. The first-order valence-corrected chi connectivity index (χ1v) is 5.77. The summed E-state index contributed by atoms with van der Waals surface area (Å²) in [5, 5.41) is 9.92. The van der Waals surface area contributed by atoms with Crippen molar-refractivity contribution in [1.82, 2.24) is 9.97 Å². The molecule has 3 aromatic rings. The molecule has 3 N–H and O–H groups in total. The number of H-pyrrole nitrogens is 2. The number of aromatic nitrogens is 2. The van der Waals surface area contributed by atoms with Crippen molar-refractivity contribution in [3.63, 3.8) is 0 Å². The standard InChI is InChI=1S/C14H12N2O3/c1-19-12-4-2-3-8-7-11(16-13(8)12)9-5-6-10(15-9)14(17)18/h2-7,15-16H,1H3,(H,17,18). The van der Waals surface area contributed by atoms with Gasteiger partial charge in [-0.1, -0.05) is 12.1 Å². The first-order chi connectivity index (χ1) is 9.19. The van der Waals surface area contributed by atoms with Gasteiger partial charge in [0.2, 0.25) is 0 Å². The molecule has 3 rings (SSSR count). The number of benzene rings is 1. The van der Waals surface area contributed by atoms with Crippen molar-refractivity contribution in [2.45, 2.75) is 0 Å². The number of aromatic amines is 2. The molecule has 5 nitrogen and oxygen atoms in total. The van der Waals surface area contributed by atoms with Gasteiger partial charge >= 0.3 is 5.97 Å². The topological polar surface area (TPSA) is 78.1 Å². The van der Waals surface area contributed by atoms with Gasteiger partial charge in [0.15, 0.2) is 0 Å². The number of carbonyl (C=O) groups is 1. The van der Waals surface area contributed by atoms with Crippen LogP contribution in [0.1, 0.15) is 10.5 Å². The van der Waals surface area contributed by atoms with Crippen LogP contribution < -0.4 is 4.74 Å². The largest absolute Gasteiger partial charge is 0.495 e. The Morgan fingerprint density at radius 3 is 2.68 bits per heavy atom. The maximum Gasteiger partial charge on any atom is 0.352 e. The second-order valence-corrected chi connectivity index (χ2v) is 4.20. The van der Waals surface area contributed by atoms with Gasteiger partial charge in [0.05, 0.1) is 24.0 Å². The fraction of sp³-hybridized carbons (Fsp3) is 0.0714. The Labute approximate surface area is 108 Å². The summed E-state index contributed by atoms with van der Waals surface area (Å²) in [6.07, 6.45) is 0. The Balaban J connectivity index is 2.12. The normalized spacial score (nSPS) is 10.8. The van der Waals surface area contributed by atoms with Gasteiger partial charge in [-0.05, 0) is 24.3 Å². The zero-order valence-corrected chi connectivity index (χ0v) is 10.2. The first-order valence-electron chi connectivity index (χ1n) is 5.77. The monoisotopic (exact) mass is 256 g/mol. The molecular weight excluding hydrogens is 244 g/mol. The molecule has 0 saturated heterocycles. The Hall–Kier alpha value is -2.69. The summed E-state index contributed by atoms with van der Waals surface area (Å²) in [6, 6.07) is 11.0. The predicted octanol–water partition coefficient (Wildman–Crippen LogP) is 2.87. The molecule has 96 valence electrons. The lowest BCUT2D eigenvalue weighted by Gasteiger charge is -1.99. The lowest BCUT2D eigenvalue weighted by molar-refractivity contribution is 0.0691. The number of carboxylic acids is 1. The summed E-state index contributed by atoms with van der Waals surface area (Å²) < 4.78 is 5.28. The van der Waals surface area contributed by atoms with Crippen LogP contribution in [0.2, 0.25) is 0 Å². The van der Waals surface area contributed by atoms with E-state index in [1.165, 1.54) is 0 Å². The lowest BCUT2D eigenvalue weighted by Crippen LogP contribution is -1.95. The van der Waals surface area contributed by atoms with Crippen LogP contribution in [0.5, 0.6) is 5.75 Å². The molecule has 0 unspecified atom stereocenters. The van der Waals surface area contributed by atoms with Gasteiger partial charge in [-0.25, -0.2) is 4.79 Å². The molecule has 0 fully saturated rings. The molecule has 0 aliphatic carbocycles. The van der Waals surface area contributed by atoms with Gasteiger partial charge in [-0.15, -0.1) is 0 Å². The van der Waals surface area contributed by atoms with Crippen molar-refractivity contribution in [2.75, 3.05) is 7.11 Å².